The summed E-state index contributed by atoms with van der Waals surface area (Å²) in [4.78, 5) is 12.7. The molecule has 2 N–H and O–H groups in total. The third kappa shape index (κ3) is 2.65. The Kier molecular flexibility index (Phi) is 3.31. The van der Waals surface area contributed by atoms with E-state index in [0.29, 0.717) is 4.88 Å². The van der Waals surface area contributed by atoms with E-state index in [1.807, 2.05) is 6.07 Å². The second kappa shape index (κ2) is 4.72. The number of hydrogen-bond donors (Lipinski definition) is 1. The molecule has 1 aromatic carbocycles. The predicted molar refractivity (Wildman–Crippen MR) is 68.1 cm³/mol. The SMILES string of the molecule is Cc1ccc(Sc2ccc(C(N)=O)s2)cc1. The highest BCUT2D eigenvalue weighted by molar-refractivity contribution is 8.01. The minimum absolute atomic E-state index is 0.360. The van der Waals surface area contributed by atoms with Crippen LogP contribution in [0.25, 0.3) is 0 Å². The molecule has 0 aliphatic carbocycles. The predicted octanol–water partition coefficient (Wildman–Crippen LogP) is 3.31. The van der Waals surface area contributed by atoms with Crippen molar-refractivity contribution >= 4 is 29.0 Å². The number of primary amides is 1. The number of thiophene rings is 1. The number of nitrogens with two attached hydrogens (primary N) is 1. The highest BCUT2D eigenvalue weighted by Crippen LogP contribution is 2.33. The Morgan fingerprint density at radius 1 is 1.19 bits per heavy atom. The highest BCUT2D eigenvalue weighted by Gasteiger charge is 2.05. The second-order valence-electron chi connectivity index (χ2n) is 3.40. The molecule has 4 heteroatoms. The van der Waals surface area contributed by atoms with Gasteiger partial charge in [0.2, 0.25) is 0 Å². The number of hydrogen-bond acceptors (Lipinski definition) is 3. The summed E-state index contributed by atoms with van der Waals surface area (Å²) in [5.74, 6) is -0.360. The second-order valence-corrected chi connectivity index (χ2v) is 5.86. The fourth-order valence-electron chi connectivity index (χ4n) is 1.23. The van der Waals surface area contributed by atoms with Gasteiger partial charge < -0.3 is 5.73 Å². The fourth-order valence-corrected chi connectivity index (χ4v) is 3.18. The largest absolute Gasteiger partial charge is 0.365 e. The third-order valence-electron chi connectivity index (χ3n) is 2.06. The molecule has 0 unspecified atom stereocenters. The van der Waals surface area contributed by atoms with E-state index in [-0.39, 0.29) is 5.91 Å². The van der Waals surface area contributed by atoms with Gasteiger partial charge in [0.1, 0.15) is 0 Å². The van der Waals surface area contributed by atoms with Gasteiger partial charge in [0.15, 0.2) is 0 Å². The molecule has 2 aromatic rings. The standard InChI is InChI=1S/C12H11NOS2/c1-8-2-4-9(5-3-8)15-11-7-6-10(16-11)12(13)14/h2-7H,1H3,(H2,13,14). The lowest BCUT2D eigenvalue weighted by molar-refractivity contribution is 0.100. The zero-order valence-corrected chi connectivity index (χ0v) is 10.4. The van der Waals surface area contributed by atoms with Gasteiger partial charge in [0.05, 0.1) is 9.09 Å². The van der Waals surface area contributed by atoms with E-state index in [1.165, 1.54) is 21.8 Å². The van der Waals surface area contributed by atoms with E-state index in [0.717, 1.165) is 4.21 Å². The molecule has 2 rings (SSSR count). The van der Waals surface area contributed by atoms with Gasteiger partial charge in [-0.2, -0.15) is 0 Å². The van der Waals surface area contributed by atoms with Crippen LogP contribution in [-0.4, -0.2) is 5.91 Å². The summed E-state index contributed by atoms with van der Waals surface area (Å²) in [6.07, 6.45) is 0. The molecule has 0 aliphatic heterocycles. The van der Waals surface area contributed by atoms with Crippen molar-refractivity contribution in [2.24, 2.45) is 5.73 Å². The van der Waals surface area contributed by atoms with Crippen molar-refractivity contribution < 1.29 is 4.79 Å². The first-order valence-corrected chi connectivity index (χ1v) is 6.42. The molecule has 0 fully saturated rings. The minimum Gasteiger partial charge on any atom is -0.365 e. The third-order valence-corrected chi connectivity index (χ3v) is 4.30. The maximum absolute atomic E-state index is 10.9. The van der Waals surface area contributed by atoms with Gasteiger partial charge in [-0.1, -0.05) is 29.5 Å². The van der Waals surface area contributed by atoms with E-state index in [9.17, 15) is 4.79 Å². The maximum Gasteiger partial charge on any atom is 0.258 e. The quantitative estimate of drug-likeness (QED) is 0.907. The first-order valence-electron chi connectivity index (χ1n) is 4.79. The van der Waals surface area contributed by atoms with Crippen LogP contribution in [0.5, 0.6) is 0 Å². The van der Waals surface area contributed by atoms with Gasteiger partial charge in [-0.15, -0.1) is 11.3 Å². The Labute approximate surface area is 102 Å². The summed E-state index contributed by atoms with van der Waals surface area (Å²) >= 11 is 3.07. The van der Waals surface area contributed by atoms with Crippen molar-refractivity contribution in [3.63, 3.8) is 0 Å². The van der Waals surface area contributed by atoms with Gasteiger partial charge in [-0.05, 0) is 31.2 Å². The molecule has 2 nitrogen and oxygen atoms in total. The Bertz CT molecular complexity index is 502. The lowest BCUT2D eigenvalue weighted by Gasteiger charge is -1.98. The molecule has 0 aliphatic rings. The molecular formula is C12H11NOS2. The summed E-state index contributed by atoms with van der Waals surface area (Å²) < 4.78 is 1.08. The first-order chi connectivity index (χ1) is 7.65. The number of rotatable bonds is 3. The van der Waals surface area contributed by atoms with Gasteiger partial charge >= 0.3 is 0 Å². The summed E-state index contributed by atoms with van der Waals surface area (Å²) in [6.45, 7) is 2.06. The normalized spacial score (nSPS) is 10.3. The number of amides is 1. The molecule has 1 heterocycles. The summed E-state index contributed by atoms with van der Waals surface area (Å²) in [6, 6.07) is 12.0. The monoisotopic (exact) mass is 249 g/mol. The first kappa shape index (κ1) is 11.2. The number of aryl methyl sites for hydroxylation is 1. The average Bonchev–Trinajstić information content (AvgIpc) is 2.70. The minimum atomic E-state index is -0.360. The number of carbonyl (C=O) groups is 1. The smallest absolute Gasteiger partial charge is 0.258 e. The van der Waals surface area contributed by atoms with Crippen molar-refractivity contribution in [3.05, 3.63) is 46.8 Å². The van der Waals surface area contributed by atoms with Crippen LogP contribution in [0.4, 0.5) is 0 Å². The van der Waals surface area contributed by atoms with Crippen molar-refractivity contribution in [1.29, 1.82) is 0 Å². The van der Waals surface area contributed by atoms with E-state index in [1.54, 1.807) is 17.8 Å². The molecule has 0 saturated carbocycles. The summed E-state index contributed by atoms with van der Waals surface area (Å²) in [5.41, 5.74) is 6.45. The summed E-state index contributed by atoms with van der Waals surface area (Å²) in [7, 11) is 0. The molecule has 0 bridgehead atoms. The lowest BCUT2D eigenvalue weighted by Crippen LogP contribution is -2.07. The van der Waals surface area contributed by atoms with E-state index in [4.69, 9.17) is 5.73 Å². The average molecular weight is 249 g/mol. The van der Waals surface area contributed by atoms with Crippen molar-refractivity contribution in [2.75, 3.05) is 0 Å². The Balaban J connectivity index is 2.14. The van der Waals surface area contributed by atoms with Crippen LogP contribution in [0.15, 0.2) is 45.5 Å². The van der Waals surface area contributed by atoms with Crippen LogP contribution < -0.4 is 5.73 Å². The maximum atomic E-state index is 10.9. The zero-order chi connectivity index (χ0) is 11.5. The van der Waals surface area contributed by atoms with Gasteiger partial charge in [-0.3, -0.25) is 4.79 Å². The van der Waals surface area contributed by atoms with E-state index >= 15 is 0 Å². The molecule has 16 heavy (non-hydrogen) atoms. The zero-order valence-electron chi connectivity index (χ0n) is 8.77. The molecule has 0 radical (unpaired) electrons. The highest BCUT2D eigenvalue weighted by atomic mass is 32.2. The van der Waals surface area contributed by atoms with E-state index < -0.39 is 0 Å². The molecule has 0 saturated heterocycles. The molecule has 82 valence electrons. The lowest BCUT2D eigenvalue weighted by atomic mass is 10.2. The van der Waals surface area contributed by atoms with Crippen LogP contribution in [0.3, 0.4) is 0 Å². The topological polar surface area (TPSA) is 43.1 Å². The van der Waals surface area contributed by atoms with E-state index in [2.05, 4.69) is 31.2 Å². The van der Waals surface area contributed by atoms with Crippen molar-refractivity contribution in [3.8, 4) is 0 Å². The molecule has 1 amide bonds. The number of benzene rings is 1. The Morgan fingerprint density at radius 2 is 1.88 bits per heavy atom. The van der Waals surface area contributed by atoms with Crippen molar-refractivity contribution in [1.82, 2.24) is 0 Å². The molecule has 0 atom stereocenters. The fraction of sp³-hybridized carbons (Fsp3) is 0.0833. The van der Waals surface area contributed by atoms with Crippen LogP contribution in [0.2, 0.25) is 0 Å². The summed E-state index contributed by atoms with van der Waals surface area (Å²) in [5, 5.41) is 0. The molecule has 0 spiro atoms. The molecular weight excluding hydrogens is 238 g/mol. The van der Waals surface area contributed by atoms with Crippen LogP contribution >= 0.6 is 23.1 Å². The van der Waals surface area contributed by atoms with Gasteiger partial charge in [-0.25, -0.2) is 0 Å². The van der Waals surface area contributed by atoms with Gasteiger partial charge in [0.25, 0.3) is 5.91 Å². The Morgan fingerprint density at radius 3 is 2.44 bits per heavy atom. The van der Waals surface area contributed by atoms with Crippen LogP contribution in [-0.2, 0) is 0 Å². The molecule has 1 aromatic heterocycles. The van der Waals surface area contributed by atoms with Crippen LogP contribution in [0.1, 0.15) is 15.2 Å². The van der Waals surface area contributed by atoms with Crippen molar-refractivity contribution in [2.45, 2.75) is 16.0 Å². The van der Waals surface area contributed by atoms with Crippen LogP contribution in [0, 0.1) is 6.92 Å². The Hall–Kier alpha value is -1.26. The van der Waals surface area contributed by atoms with Gasteiger partial charge in [0, 0.05) is 4.90 Å². The number of carbonyl (C=O) groups excluding carboxylic acids is 1.